The van der Waals surface area contributed by atoms with Crippen molar-refractivity contribution >= 4 is 110 Å². The molecule has 0 radical (unpaired) electrons. The van der Waals surface area contributed by atoms with Crippen LogP contribution < -0.4 is 59.2 Å². The van der Waals surface area contributed by atoms with Crippen LogP contribution in [0.4, 0.5) is 41.9 Å². The lowest BCUT2D eigenvalue weighted by molar-refractivity contribution is 0.0616. The zero-order valence-electron chi connectivity index (χ0n) is 90.6. The standard InChI is InChI=1S/2C32H44N2O6Si.2C26H30N2O6/c2*1-10-17-39-31(36)33-28-18-22(2)29(38-7)20-27(28)30(35)34-16-15-24(23-11-13-26(37-6)14-12-23)19-25(34)21-40-41(8,9)32(3,4)5;2*1-5-12-34-26(31)27-23-13-17(2)24(33-4)15-22(23)25(30)28-11-10-19(14-20(28)16-29)18-6-8-21(32-3)9-7-18/h10-14,18-20,25H,1,15-17,21H2,2-9H3,(H,33,36);10-15,18,20,25H,1,16-17,19,21H2,2-9H3,(H,33,36);5-9,13-15,20,29H,1,10-12,16H2,2-4H3,(H,27,31);5-10,13,15,20,29H,1,11-12,14,16H2,2-4H3,(H,27,31)/t2*25-;2*20-/m0000/s1. The topological polar surface area (TPSA) is 367 Å². The second kappa shape index (κ2) is 55.5. The van der Waals surface area contributed by atoms with Crippen molar-refractivity contribution < 1.29 is 114 Å². The lowest BCUT2D eigenvalue weighted by Gasteiger charge is -2.41. The molecule has 0 saturated heterocycles. The molecule has 6 N–H and O–H groups in total. The van der Waals surface area contributed by atoms with E-state index in [-0.39, 0.29) is 96.6 Å². The molecule has 8 aromatic carbocycles. The molecule has 804 valence electrons. The Labute approximate surface area is 884 Å². The van der Waals surface area contributed by atoms with Crippen LogP contribution in [0.1, 0.15) is 153 Å². The molecule has 32 nitrogen and oxygen atoms in total. The van der Waals surface area contributed by atoms with Gasteiger partial charge in [-0.25, -0.2) is 19.2 Å². The number of carbonyl (C=O) groups is 8. The van der Waals surface area contributed by atoms with Crippen molar-refractivity contribution in [2.75, 3.05) is 157 Å². The summed E-state index contributed by atoms with van der Waals surface area (Å²) in [5.41, 5.74) is 14.1. The lowest BCUT2D eigenvalue weighted by Crippen LogP contribution is -2.49. The number of aryl methyl sites for hydroxylation is 4. The fourth-order valence-corrected chi connectivity index (χ4v) is 18.6. The predicted octanol–water partition coefficient (Wildman–Crippen LogP) is 22.2. The zero-order valence-corrected chi connectivity index (χ0v) is 92.6. The van der Waals surface area contributed by atoms with E-state index in [0.29, 0.717) is 122 Å². The van der Waals surface area contributed by atoms with Gasteiger partial charge in [-0.05, 0) is 254 Å². The van der Waals surface area contributed by atoms with Gasteiger partial charge >= 0.3 is 24.4 Å². The molecule has 4 heterocycles. The smallest absolute Gasteiger partial charge is 0.411 e. The van der Waals surface area contributed by atoms with E-state index in [1.165, 1.54) is 38.5 Å². The van der Waals surface area contributed by atoms with Crippen LogP contribution in [-0.2, 0) is 27.8 Å². The number of methoxy groups -OCH3 is 8. The van der Waals surface area contributed by atoms with E-state index in [0.717, 1.165) is 89.8 Å². The van der Waals surface area contributed by atoms with Crippen LogP contribution in [0.5, 0.6) is 46.0 Å². The van der Waals surface area contributed by atoms with Crippen LogP contribution in [0.15, 0.2) is 221 Å². The average molecular weight is 2090 g/mol. The fraction of sp³-hybridized carbons (Fsp3) is 0.379. The Morgan fingerprint density at radius 3 is 0.880 bits per heavy atom. The minimum absolute atomic E-state index is 0.0201. The van der Waals surface area contributed by atoms with Crippen molar-refractivity contribution in [2.45, 2.75) is 155 Å². The minimum Gasteiger partial charge on any atom is -0.497 e. The third-order valence-corrected chi connectivity index (χ3v) is 36.2. The molecule has 4 atom stereocenters. The Bertz CT molecular complexity index is 6020. The summed E-state index contributed by atoms with van der Waals surface area (Å²) in [5, 5.41) is 30.9. The Hall–Kier alpha value is -14.7. The highest BCUT2D eigenvalue weighted by Gasteiger charge is 2.43. The number of anilines is 4. The van der Waals surface area contributed by atoms with Gasteiger partial charge in [0.2, 0.25) is 0 Å². The van der Waals surface area contributed by atoms with Crippen LogP contribution in [0, 0.1) is 27.7 Å². The van der Waals surface area contributed by atoms with Crippen molar-refractivity contribution in [1.82, 2.24) is 19.6 Å². The van der Waals surface area contributed by atoms with Gasteiger partial charge in [-0.15, -0.1) is 0 Å². The van der Waals surface area contributed by atoms with Crippen molar-refractivity contribution in [3.8, 4) is 46.0 Å². The quantitative estimate of drug-likeness (QED) is 0.0121. The maximum Gasteiger partial charge on any atom is 0.411 e. The molecule has 0 spiro atoms. The van der Waals surface area contributed by atoms with Gasteiger partial charge in [-0.1, -0.05) is 165 Å². The molecule has 0 saturated carbocycles. The fourth-order valence-electron chi connectivity index (χ4n) is 16.5. The van der Waals surface area contributed by atoms with E-state index in [1.54, 1.807) is 101 Å². The molecular formula is C116H148N8O24Si2. The number of hydrogen-bond acceptors (Lipinski definition) is 24. The number of aliphatic hydroxyl groups is 2. The molecule has 8 aromatic rings. The SMILES string of the molecule is C=CCOC(=O)Nc1cc(C)c(OC)cc1C(=O)N1CC=C(c2ccc(OC)cc2)C[C@H]1CO.C=CCOC(=O)Nc1cc(C)c(OC)cc1C(=O)N1CC=C(c2ccc(OC)cc2)C[C@H]1CO[Si](C)(C)C(C)(C)C.C=CCOC(=O)Nc1cc(C)c(OC)cc1C(=O)N1CCC(c2ccc(OC)cc2)=C[C@H]1CO.C=CCOC(=O)Nc1cc(C)c(OC)cc1C(=O)N1CCC(c2ccc(OC)cc2)=C[C@H]1CO[Si](C)(C)C(C)(C)C. The molecule has 4 aliphatic rings. The molecule has 0 fully saturated rings. The number of hydrogen-bond donors (Lipinski definition) is 6. The molecule has 4 aliphatic heterocycles. The highest BCUT2D eigenvalue weighted by molar-refractivity contribution is 6.74. The van der Waals surface area contributed by atoms with Crippen molar-refractivity contribution in [1.29, 1.82) is 0 Å². The molecule has 0 bridgehead atoms. The number of rotatable bonds is 36. The normalized spacial score (nSPS) is 15.4. The largest absolute Gasteiger partial charge is 0.497 e. The summed E-state index contributed by atoms with van der Waals surface area (Å²) < 4.78 is 76.5. The summed E-state index contributed by atoms with van der Waals surface area (Å²) in [5.74, 6) is 4.12. The van der Waals surface area contributed by atoms with Crippen molar-refractivity contribution in [3.63, 3.8) is 0 Å². The third kappa shape index (κ3) is 31.7. The van der Waals surface area contributed by atoms with Gasteiger partial charge < -0.3 is 95.5 Å². The Balaban J connectivity index is 0.000000223. The molecule has 0 aromatic heterocycles. The summed E-state index contributed by atoms with van der Waals surface area (Å²) in [6, 6.07) is 43.1. The van der Waals surface area contributed by atoms with Crippen LogP contribution in [-0.4, -0.2) is 255 Å². The highest BCUT2D eigenvalue weighted by atomic mass is 28.4. The van der Waals surface area contributed by atoms with Crippen LogP contribution in [0.3, 0.4) is 0 Å². The molecule has 0 aliphatic carbocycles. The summed E-state index contributed by atoms with van der Waals surface area (Å²) in [6.07, 6.45) is 13.6. The van der Waals surface area contributed by atoms with E-state index in [4.69, 9.17) is 65.7 Å². The Morgan fingerprint density at radius 1 is 0.353 bits per heavy atom. The van der Waals surface area contributed by atoms with Gasteiger partial charge in [-0.3, -0.25) is 40.4 Å². The van der Waals surface area contributed by atoms with Gasteiger partial charge in [0.05, 0.1) is 152 Å². The number of amides is 8. The van der Waals surface area contributed by atoms with E-state index in [2.05, 4.69) is 127 Å². The predicted molar refractivity (Wildman–Crippen MR) is 594 cm³/mol. The first-order valence-electron chi connectivity index (χ1n) is 49.5. The molecule has 12 rings (SSSR count). The van der Waals surface area contributed by atoms with Crippen LogP contribution in [0.2, 0.25) is 36.3 Å². The summed E-state index contributed by atoms with van der Waals surface area (Å²) in [4.78, 5) is 112. The zero-order chi connectivity index (χ0) is 110. The number of ether oxygens (including phenoxy) is 12. The minimum atomic E-state index is -2.10. The summed E-state index contributed by atoms with van der Waals surface area (Å²) in [7, 11) is 8.48. The molecule has 8 amide bonds. The number of aliphatic hydroxyl groups excluding tert-OH is 2. The van der Waals surface area contributed by atoms with Gasteiger partial charge in [0.25, 0.3) is 23.6 Å². The maximum atomic E-state index is 14.2. The molecular weight excluding hydrogens is 1950 g/mol. The van der Waals surface area contributed by atoms with E-state index >= 15 is 0 Å². The number of carbonyl (C=O) groups excluding carboxylic acids is 8. The lowest BCUT2D eigenvalue weighted by atomic mass is 9.93. The van der Waals surface area contributed by atoms with Crippen molar-refractivity contribution in [2.24, 2.45) is 0 Å². The van der Waals surface area contributed by atoms with E-state index < -0.39 is 53.1 Å². The monoisotopic (exact) mass is 2090 g/mol. The Morgan fingerprint density at radius 2 is 0.613 bits per heavy atom. The first kappa shape index (κ1) is 119. The van der Waals surface area contributed by atoms with Gasteiger partial charge in [-0.2, -0.15) is 0 Å². The number of nitrogens with zero attached hydrogens (tertiary/aromatic N) is 4. The molecule has 150 heavy (non-hydrogen) atoms. The van der Waals surface area contributed by atoms with Crippen LogP contribution >= 0.6 is 0 Å². The first-order chi connectivity index (χ1) is 71.4. The highest BCUT2D eigenvalue weighted by Crippen LogP contribution is 2.43. The second-order valence-corrected chi connectivity index (χ2v) is 48.7. The van der Waals surface area contributed by atoms with Gasteiger partial charge in [0.15, 0.2) is 16.6 Å². The van der Waals surface area contributed by atoms with E-state index in [1.807, 2.05) is 147 Å². The van der Waals surface area contributed by atoms with Crippen LogP contribution in [0.25, 0.3) is 22.3 Å². The average Bonchev–Trinajstić information content (AvgIpc) is 0.795. The van der Waals surface area contributed by atoms with E-state index in [9.17, 15) is 48.6 Å². The van der Waals surface area contributed by atoms with Crippen molar-refractivity contribution in [3.05, 3.63) is 287 Å². The number of benzene rings is 8. The summed E-state index contributed by atoms with van der Waals surface area (Å²) >= 11 is 0. The maximum absolute atomic E-state index is 14.2. The van der Waals surface area contributed by atoms with Gasteiger partial charge in [0, 0.05) is 26.2 Å². The second-order valence-electron chi connectivity index (χ2n) is 39.0. The summed E-state index contributed by atoms with van der Waals surface area (Å²) in [6.45, 7) is 45.7. The first-order valence-corrected chi connectivity index (χ1v) is 55.3. The Kier molecular flexibility index (Phi) is 44.0. The number of nitrogens with one attached hydrogen (secondary N) is 4. The van der Waals surface area contributed by atoms with Gasteiger partial charge in [0.1, 0.15) is 72.4 Å². The molecule has 0 unspecified atom stereocenters. The third-order valence-electron chi connectivity index (χ3n) is 27.2. The molecule has 34 heteroatoms.